The highest BCUT2D eigenvalue weighted by Crippen LogP contribution is 2.59. The van der Waals surface area contributed by atoms with Crippen LogP contribution in [0.25, 0.3) is 0 Å². The number of amides is 2. The average molecular weight is 515 g/mol. The first-order valence-electron chi connectivity index (χ1n) is 11.0. The summed E-state index contributed by atoms with van der Waals surface area (Å²) in [6, 6.07) is 10.6. The Labute approximate surface area is 208 Å². The first kappa shape index (κ1) is 23.9. The Morgan fingerprint density at radius 3 is 2.31 bits per heavy atom. The second-order valence-corrected chi connectivity index (χ2v) is 9.24. The molecule has 2 amide bonds. The van der Waals surface area contributed by atoms with Gasteiger partial charge in [0.2, 0.25) is 5.91 Å². The van der Waals surface area contributed by atoms with Crippen LogP contribution in [-0.2, 0) is 21.4 Å². The number of fused-ring (bicyclic) bond motifs is 2. The third-order valence-electron chi connectivity index (χ3n) is 6.59. The van der Waals surface area contributed by atoms with Crippen molar-refractivity contribution in [1.82, 2.24) is 5.32 Å². The minimum Gasteiger partial charge on any atom is -0.480 e. The molecule has 5 rings (SSSR count). The van der Waals surface area contributed by atoms with E-state index in [1.807, 2.05) is 0 Å². The molecule has 6 nitrogen and oxygen atoms in total. The van der Waals surface area contributed by atoms with Gasteiger partial charge in [0, 0.05) is 18.2 Å². The average Bonchev–Trinajstić information content (AvgIpc) is 3.60. The van der Waals surface area contributed by atoms with Crippen molar-refractivity contribution in [2.45, 2.75) is 30.7 Å². The van der Waals surface area contributed by atoms with E-state index in [0.717, 1.165) is 18.2 Å². The lowest BCUT2D eigenvalue weighted by Crippen LogP contribution is -2.42. The van der Waals surface area contributed by atoms with Crippen LogP contribution in [0.2, 0.25) is 5.02 Å². The molecule has 0 unspecified atom stereocenters. The molecule has 0 radical (unpaired) electrons. The molecule has 3 aromatic carbocycles. The van der Waals surface area contributed by atoms with Gasteiger partial charge >= 0.3 is 5.97 Å². The fourth-order valence-electron chi connectivity index (χ4n) is 4.57. The summed E-state index contributed by atoms with van der Waals surface area (Å²) in [5.41, 5.74) is 0.357. The number of carboxylic acids is 1. The van der Waals surface area contributed by atoms with E-state index in [1.165, 1.54) is 17.0 Å². The molecule has 1 spiro atoms. The number of aliphatic carboxylic acids is 1. The fourth-order valence-corrected chi connectivity index (χ4v) is 4.82. The van der Waals surface area contributed by atoms with E-state index in [4.69, 9.17) is 11.6 Å². The van der Waals surface area contributed by atoms with Crippen LogP contribution < -0.4 is 10.2 Å². The smallest absolute Gasteiger partial charge is 0.326 e. The van der Waals surface area contributed by atoms with E-state index < -0.39 is 46.3 Å². The Balaban J connectivity index is 1.37. The molecule has 1 heterocycles. The van der Waals surface area contributed by atoms with Gasteiger partial charge in [-0.2, -0.15) is 0 Å². The molecule has 10 heteroatoms. The lowest BCUT2D eigenvalue weighted by molar-refractivity contribution is -0.139. The highest BCUT2D eigenvalue weighted by atomic mass is 35.5. The maximum absolute atomic E-state index is 14.0. The molecule has 36 heavy (non-hydrogen) atoms. The lowest BCUT2D eigenvalue weighted by atomic mass is 9.98. The van der Waals surface area contributed by atoms with Crippen LogP contribution in [0.5, 0.6) is 0 Å². The van der Waals surface area contributed by atoms with Gasteiger partial charge in [-0.3, -0.25) is 14.5 Å². The van der Waals surface area contributed by atoms with Gasteiger partial charge in [-0.05, 0) is 54.3 Å². The van der Waals surface area contributed by atoms with Gasteiger partial charge in [0.25, 0.3) is 5.91 Å². The summed E-state index contributed by atoms with van der Waals surface area (Å²) in [6.07, 6.45) is 0.955. The maximum Gasteiger partial charge on any atom is 0.326 e. The minimum atomic E-state index is -1.39. The Morgan fingerprint density at radius 2 is 1.69 bits per heavy atom. The summed E-state index contributed by atoms with van der Waals surface area (Å²) < 4.78 is 41.9. The minimum absolute atomic E-state index is 0.137. The van der Waals surface area contributed by atoms with Crippen LogP contribution in [0.3, 0.4) is 0 Å². The summed E-state index contributed by atoms with van der Waals surface area (Å²) in [6.45, 7) is 0. The summed E-state index contributed by atoms with van der Waals surface area (Å²) in [5.74, 6) is -5.53. The monoisotopic (exact) mass is 514 g/mol. The first-order valence-corrected chi connectivity index (χ1v) is 11.4. The third kappa shape index (κ3) is 3.89. The van der Waals surface area contributed by atoms with Crippen molar-refractivity contribution >= 4 is 40.8 Å². The molecule has 184 valence electrons. The molecule has 2 N–H and O–H groups in total. The van der Waals surface area contributed by atoms with Crippen molar-refractivity contribution in [3.8, 4) is 0 Å². The maximum atomic E-state index is 14.0. The molecule has 1 fully saturated rings. The molecular formula is C26H18ClF3N2O4. The number of halogens is 4. The number of benzene rings is 3. The Bertz CT molecular complexity index is 1400. The van der Waals surface area contributed by atoms with Gasteiger partial charge < -0.3 is 10.4 Å². The zero-order valence-electron chi connectivity index (χ0n) is 18.5. The number of nitrogens with zero attached hydrogens (tertiary/aromatic N) is 1. The highest BCUT2D eigenvalue weighted by molar-refractivity contribution is 6.33. The molecule has 2 aliphatic rings. The van der Waals surface area contributed by atoms with Gasteiger partial charge in [0.05, 0.1) is 21.7 Å². The van der Waals surface area contributed by atoms with Crippen molar-refractivity contribution in [3.63, 3.8) is 0 Å². The first-order chi connectivity index (χ1) is 17.1. The van der Waals surface area contributed by atoms with Gasteiger partial charge in [0.1, 0.15) is 11.9 Å². The number of carbonyl (C=O) groups is 3. The van der Waals surface area contributed by atoms with Crippen LogP contribution in [0.4, 0.5) is 24.5 Å². The van der Waals surface area contributed by atoms with Crippen molar-refractivity contribution < 1.29 is 32.7 Å². The zero-order valence-corrected chi connectivity index (χ0v) is 19.3. The van der Waals surface area contributed by atoms with Gasteiger partial charge in [-0.15, -0.1) is 0 Å². The predicted molar refractivity (Wildman–Crippen MR) is 125 cm³/mol. The number of rotatable bonds is 6. The molecule has 0 bridgehead atoms. The Hall–Kier alpha value is -3.85. The van der Waals surface area contributed by atoms with E-state index in [1.54, 1.807) is 24.3 Å². The van der Waals surface area contributed by atoms with E-state index in [2.05, 4.69) is 5.32 Å². The zero-order chi connectivity index (χ0) is 25.8. The SMILES string of the molecule is O=C(N[C@@H](Cc1ccc(N2C(=O)C3(CC3)c3cc(F)c(F)cc32)cc1)C(=O)O)c1c(F)cccc1Cl. The van der Waals surface area contributed by atoms with E-state index in [9.17, 15) is 32.7 Å². The van der Waals surface area contributed by atoms with Crippen LogP contribution in [0, 0.1) is 17.5 Å². The normalized spacial score (nSPS) is 16.1. The summed E-state index contributed by atoms with van der Waals surface area (Å²) in [7, 11) is 0. The van der Waals surface area contributed by atoms with Crippen LogP contribution in [0.1, 0.15) is 34.3 Å². The van der Waals surface area contributed by atoms with Crippen LogP contribution in [-0.4, -0.2) is 28.9 Å². The van der Waals surface area contributed by atoms with Crippen molar-refractivity contribution in [3.05, 3.63) is 93.8 Å². The summed E-state index contributed by atoms with van der Waals surface area (Å²) in [4.78, 5) is 38.8. The molecule has 1 aliphatic carbocycles. The number of hydrogen-bond donors (Lipinski definition) is 2. The van der Waals surface area contributed by atoms with E-state index in [0.29, 0.717) is 29.7 Å². The topological polar surface area (TPSA) is 86.7 Å². The van der Waals surface area contributed by atoms with Crippen molar-refractivity contribution in [2.75, 3.05) is 4.90 Å². The number of anilines is 2. The van der Waals surface area contributed by atoms with Crippen LogP contribution in [0.15, 0.2) is 54.6 Å². The summed E-state index contributed by atoms with van der Waals surface area (Å²) in [5, 5.41) is 11.7. The number of nitrogens with one attached hydrogen (secondary N) is 1. The molecule has 1 atom stereocenters. The number of carboxylic acid groups (broad SMARTS) is 1. The molecule has 1 saturated carbocycles. The Kier molecular flexibility index (Phi) is 5.75. The highest BCUT2D eigenvalue weighted by Gasteiger charge is 2.59. The van der Waals surface area contributed by atoms with Crippen molar-refractivity contribution in [1.29, 1.82) is 0 Å². The molecular weight excluding hydrogens is 497 g/mol. The molecule has 1 aliphatic heterocycles. The molecule has 3 aromatic rings. The molecule has 0 saturated heterocycles. The third-order valence-corrected chi connectivity index (χ3v) is 6.90. The predicted octanol–water partition coefficient (Wildman–Crippen LogP) is 4.89. The van der Waals surface area contributed by atoms with E-state index >= 15 is 0 Å². The van der Waals surface area contributed by atoms with E-state index in [-0.39, 0.29) is 23.0 Å². The quantitative estimate of drug-likeness (QED) is 0.490. The van der Waals surface area contributed by atoms with Gasteiger partial charge in [-0.25, -0.2) is 18.0 Å². The molecule has 0 aromatic heterocycles. The second-order valence-electron chi connectivity index (χ2n) is 8.84. The summed E-state index contributed by atoms with van der Waals surface area (Å²) >= 11 is 5.89. The standard InChI is InChI=1S/C26H18ClF3N2O4/c27-16-2-1-3-17(28)22(16)23(33)31-20(24(34)35)10-13-4-6-14(7-5-13)32-21-12-19(30)18(29)11-15(21)26(8-9-26)25(32)36/h1-7,11-12,20H,8-10H2,(H,31,33)(H,34,35)/t20-/m0/s1. The van der Waals surface area contributed by atoms with Gasteiger partial charge in [-0.1, -0.05) is 29.8 Å². The fraction of sp³-hybridized carbons (Fsp3) is 0.192. The van der Waals surface area contributed by atoms with Gasteiger partial charge in [0.15, 0.2) is 11.6 Å². The Morgan fingerprint density at radius 1 is 1.03 bits per heavy atom. The number of hydrogen-bond acceptors (Lipinski definition) is 3. The second kappa shape index (κ2) is 8.67. The lowest BCUT2D eigenvalue weighted by Gasteiger charge is -2.19. The largest absolute Gasteiger partial charge is 0.480 e. The number of carbonyl (C=O) groups excluding carboxylic acids is 2. The van der Waals surface area contributed by atoms with Crippen molar-refractivity contribution in [2.24, 2.45) is 0 Å². The van der Waals surface area contributed by atoms with Crippen LogP contribution >= 0.6 is 11.6 Å².